The van der Waals surface area contributed by atoms with Crippen molar-refractivity contribution in [3.05, 3.63) is 101 Å². The lowest BCUT2D eigenvalue weighted by atomic mass is 9.84. The molecule has 2 aliphatic rings. The summed E-state index contributed by atoms with van der Waals surface area (Å²) >= 11 is 0. The van der Waals surface area contributed by atoms with Gasteiger partial charge in [-0.05, 0) is 93.6 Å². The molecule has 2 saturated heterocycles. The van der Waals surface area contributed by atoms with Gasteiger partial charge < -0.3 is 47.5 Å². The Labute approximate surface area is 335 Å². The Kier molecular flexibility index (Phi) is 14.0. The molecule has 2 heterocycles. The first-order valence-corrected chi connectivity index (χ1v) is 19.5. The summed E-state index contributed by atoms with van der Waals surface area (Å²) in [6.45, 7) is 12.0. The lowest BCUT2D eigenvalue weighted by Crippen LogP contribution is -2.55. The normalized spacial score (nSPS) is 20.7. The highest BCUT2D eigenvalue weighted by Crippen LogP contribution is 2.36. The van der Waals surface area contributed by atoms with Gasteiger partial charge in [0.2, 0.25) is 0 Å². The maximum Gasteiger partial charge on any atom is 0.410 e. The molecule has 0 bridgehead atoms. The Bertz CT molecular complexity index is 1930. The average Bonchev–Trinajstić information content (AvgIpc) is 3.54. The van der Waals surface area contributed by atoms with Crippen LogP contribution in [0.5, 0.6) is 17.2 Å². The topological polar surface area (TPSA) is 103 Å². The molecule has 4 atom stereocenters. The summed E-state index contributed by atoms with van der Waals surface area (Å²) in [6.07, 6.45) is -0.989. The fourth-order valence-corrected chi connectivity index (χ4v) is 7.24. The van der Waals surface area contributed by atoms with E-state index in [0.29, 0.717) is 56.4 Å². The molecule has 57 heavy (non-hydrogen) atoms. The van der Waals surface area contributed by atoms with Crippen molar-refractivity contribution in [3.8, 4) is 17.2 Å². The summed E-state index contributed by atoms with van der Waals surface area (Å²) in [5.41, 5.74) is 1.89. The molecule has 2 aliphatic heterocycles. The second-order valence-electron chi connectivity index (χ2n) is 15.9. The van der Waals surface area contributed by atoms with Gasteiger partial charge in [-0.2, -0.15) is 0 Å². The van der Waals surface area contributed by atoms with Gasteiger partial charge in [0.05, 0.1) is 79.2 Å². The number of likely N-dealkylation sites (tertiary alicyclic amines) is 1. The highest BCUT2D eigenvalue weighted by molar-refractivity contribution is 5.89. The van der Waals surface area contributed by atoms with Crippen LogP contribution in [0.3, 0.4) is 0 Å². The fourth-order valence-electron chi connectivity index (χ4n) is 7.24. The predicted octanol–water partition coefficient (Wildman–Crippen LogP) is 8.44. The number of hydrogen-bond acceptors (Lipinski definition) is 10. The van der Waals surface area contributed by atoms with Gasteiger partial charge in [0.1, 0.15) is 34.8 Å². The number of carbonyl (C=O) groups is 1. The standard InChI is InChI=1S/C45H56FNO10/c1-44(2,3)57-43(48)47-24-40(53-26-30-21-32-11-8-9-12-37(32)39(22-30)50-7)42(41(25-47)54-28-36-29-55-45(4,5)56-36)31-13-16-35(17-14-31)52-20-10-19-51-27-33-23-34(46)15-18-38(33)49-6/h8-9,11-18,21-23,36,40-42H,10,19-20,24-29H2,1-7H3/t36-,40?,41+,42+/m0/s1. The number of piperidine rings is 1. The summed E-state index contributed by atoms with van der Waals surface area (Å²) in [4.78, 5) is 15.3. The van der Waals surface area contributed by atoms with Crippen molar-refractivity contribution in [2.24, 2.45) is 0 Å². The zero-order valence-corrected chi connectivity index (χ0v) is 34.1. The molecule has 0 spiro atoms. The van der Waals surface area contributed by atoms with Crippen LogP contribution in [0.4, 0.5) is 9.18 Å². The third-order valence-electron chi connectivity index (χ3n) is 9.85. The predicted molar refractivity (Wildman–Crippen MR) is 213 cm³/mol. The van der Waals surface area contributed by atoms with Crippen molar-refractivity contribution in [1.82, 2.24) is 4.90 Å². The van der Waals surface area contributed by atoms with Crippen molar-refractivity contribution >= 4 is 16.9 Å². The molecular formula is C45H56FNO10. The number of amides is 1. The SMILES string of the molecule is COc1ccc(F)cc1COCCCOc1ccc([C@@H]2C(OCc3cc(OC)c4ccccc4c3)CN(C(=O)OC(C)(C)C)C[C@H]2OC[C@H]2COC(C)(C)O2)cc1. The first-order chi connectivity index (χ1) is 27.3. The number of hydrogen-bond donors (Lipinski definition) is 0. The van der Waals surface area contributed by atoms with Crippen LogP contribution in [0.2, 0.25) is 0 Å². The van der Waals surface area contributed by atoms with Gasteiger partial charge in [-0.3, -0.25) is 0 Å². The van der Waals surface area contributed by atoms with Crippen LogP contribution in [-0.4, -0.2) is 94.4 Å². The van der Waals surface area contributed by atoms with Gasteiger partial charge in [-0.15, -0.1) is 0 Å². The Morgan fingerprint density at radius 3 is 2.32 bits per heavy atom. The number of nitrogens with zero attached hydrogens (tertiary/aromatic N) is 1. The summed E-state index contributed by atoms with van der Waals surface area (Å²) in [7, 11) is 3.22. The van der Waals surface area contributed by atoms with E-state index in [2.05, 4.69) is 12.1 Å². The summed E-state index contributed by atoms with van der Waals surface area (Å²) in [6, 6.07) is 24.5. The highest BCUT2D eigenvalue weighted by atomic mass is 19.1. The lowest BCUT2D eigenvalue weighted by Gasteiger charge is -2.44. The Morgan fingerprint density at radius 2 is 1.61 bits per heavy atom. The van der Waals surface area contributed by atoms with Crippen molar-refractivity contribution in [2.75, 3.05) is 53.7 Å². The van der Waals surface area contributed by atoms with E-state index in [-0.39, 0.29) is 37.7 Å². The average molecular weight is 790 g/mol. The number of methoxy groups -OCH3 is 2. The monoisotopic (exact) mass is 789 g/mol. The van der Waals surface area contributed by atoms with E-state index in [1.54, 1.807) is 25.2 Å². The van der Waals surface area contributed by atoms with Crippen LogP contribution < -0.4 is 14.2 Å². The van der Waals surface area contributed by atoms with E-state index < -0.39 is 29.7 Å². The molecular weight excluding hydrogens is 733 g/mol. The number of carbonyl (C=O) groups excluding carboxylic acids is 1. The zero-order valence-electron chi connectivity index (χ0n) is 34.1. The minimum atomic E-state index is -0.702. The molecule has 0 radical (unpaired) electrons. The van der Waals surface area contributed by atoms with Crippen LogP contribution in [-0.2, 0) is 41.6 Å². The summed E-state index contributed by atoms with van der Waals surface area (Å²) in [5, 5.41) is 2.06. The van der Waals surface area contributed by atoms with Gasteiger partial charge in [-0.25, -0.2) is 9.18 Å². The molecule has 6 rings (SSSR count). The number of ether oxygens (including phenoxy) is 9. The van der Waals surface area contributed by atoms with Crippen molar-refractivity contribution < 1.29 is 51.8 Å². The third kappa shape index (κ3) is 11.6. The second kappa shape index (κ2) is 18.9. The minimum Gasteiger partial charge on any atom is -0.496 e. The molecule has 1 amide bonds. The van der Waals surface area contributed by atoms with Crippen LogP contribution >= 0.6 is 0 Å². The Balaban J connectivity index is 1.18. The van der Waals surface area contributed by atoms with Crippen LogP contribution in [0.15, 0.2) is 78.9 Å². The molecule has 11 nitrogen and oxygen atoms in total. The van der Waals surface area contributed by atoms with E-state index in [1.165, 1.54) is 12.1 Å². The van der Waals surface area contributed by atoms with Crippen LogP contribution in [0, 0.1) is 5.82 Å². The molecule has 0 N–H and O–H groups in total. The Morgan fingerprint density at radius 1 is 0.877 bits per heavy atom. The zero-order chi connectivity index (χ0) is 40.6. The number of fused-ring (bicyclic) bond motifs is 1. The summed E-state index contributed by atoms with van der Waals surface area (Å²) < 4.78 is 67.8. The van der Waals surface area contributed by atoms with E-state index in [1.807, 2.05) is 83.1 Å². The van der Waals surface area contributed by atoms with E-state index in [9.17, 15) is 9.18 Å². The van der Waals surface area contributed by atoms with Crippen molar-refractivity contribution in [3.63, 3.8) is 0 Å². The molecule has 4 aromatic rings. The number of halogens is 1. The van der Waals surface area contributed by atoms with Crippen LogP contribution in [0.25, 0.3) is 10.8 Å². The van der Waals surface area contributed by atoms with Gasteiger partial charge >= 0.3 is 6.09 Å². The van der Waals surface area contributed by atoms with Gasteiger partial charge in [-0.1, -0.05) is 36.4 Å². The smallest absolute Gasteiger partial charge is 0.410 e. The quantitative estimate of drug-likeness (QED) is 0.103. The molecule has 0 aliphatic carbocycles. The first-order valence-electron chi connectivity index (χ1n) is 19.5. The molecule has 2 fully saturated rings. The lowest BCUT2D eigenvalue weighted by molar-refractivity contribution is -0.154. The Hall–Kier alpha value is -4.46. The molecule has 0 saturated carbocycles. The molecule has 0 aromatic heterocycles. The number of rotatable bonds is 16. The van der Waals surface area contributed by atoms with Crippen LogP contribution in [0.1, 0.15) is 63.6 Å². The maximum absolute atomic E-state index is 13.7. The molecule has 1 unspecified atom stereocenters. The fraction of sp³-hybridized carbons (Fsp3) is 0.489. The minimum absolute atomic E-state index is 0.237. The number of benzene rings is 4. The van der Waals surface area contributed by atoms with E-state index in [4.69, 9.17) is 42.6 Å². The van der Waals surface area contributed by atoms with Crippen molar-refractivity contribution in [1.29, 1.82) is 0 Å². The first kappa shape index (κ1) is 42.2. The molecule has 12 heteroatoms. The largest absolute Gasteiger partial charge is 0.496 e. The van der Waals surface area contributed by atoms with E-state index >= 15 is 0 Å². The molecule has 4 aromatic carbocycles. The van der Waals surface area contributed by atoms with E-state index in [0.717, 1.165) is 27.6 Å². The maximum atomic E-state index is 13.7. The van der Waals surface area contributed by atoms with Gasteiger partial charge in [0, 0.05) is 23.3 Å². The molecule has 308 valence electrons. The summed E-state index contributed by atoms with van der Waals surface area (Å²) in [5.74, 6) is 0.752. The second-order valence-corrected chi connectivity index (χ2v) is 15.9. The van der Waals surface area contributed by atoms with Gasteiger partial charge in [0.15, 0.2) is 5.79 Å². The highest BCUT2D eigenvalue weighted by Gasteiger charge is 2.43. The van der Waals surface area contributed by atoms with Crippen molar-refractivity contribution in [2.45, 2.75) is 89.9 Å². The van der Waals surface area contributed by atoms with Gasteiger partial charge in [0.25, 0.3) is 0 Å². The third-order valence-corrected chi connectivity index (χ3v) is 9.85.